The largest absolute Gasteiger partial charge is 0.465 e. The Kier molecular flexibility index (Phi) is 11.6. The van der Waals surface area contributed by atoms with Crippen LogP contribution in [0.4, 0.5) is 0 Å². The Morgan fingerprint density at radius 1 is 0.500 bits per heavy atom. The van der Waals surface area contributed by atoms with Crippen molar-refractivity contribution in [3.05, 3.63) is 238 Å². The Bertz CT molecular complexity index is 2230. The molecular weight excluding hydrogens is 697 g/mol. The van der Waals surface area contributed by atoms with Gasteiger partial charge in [-0.25, -0.2) is 9.59 Å². The van der Waals surface area contributed by atoms with Crippen LogP contribution in [0.1, 0.15) is 38.2 Å². The van der Waals surface area contributed by atoms with Gasteiger partial charge < -0.3 is 19.3 Å². The van der Waals surface area contributed by atoms with Gasteiger partial charge in [0.2, 0.25) is 11.4 Å². The summed E-state index contributed by atoms with van der Waals surface area (Å²) in [5.74, 6) is -2.25. The van der Waals surface area contributed by atoms with Crippen LogP contribution in [-0.4, -0.2) is 34.6 Å². The molecule has 1 aliphatic rings. The number of hydrogen-bond donors (Lipinski definition) is 0. The number of allylic oxidation sites excluding steroid dienone is 1. The van der Waals surface area contributed by atoms with E-state index in [1.54, 1.807) is 54.6 Å². The van der Waals surface area contributed by atoms with Crippen LogP contribution in [0.25, 0.3) is 0 Å². The number of rotatable bonds is 14. The van der Waals surface area contributed by atoms with Gasteiger partial charge in [0.15, 0.2) is 0 Å². The van der Waals surface area contributed by atoms with Crippen molar-refractivity contribution in [3.8, 4) is 0 Å². The smallest absolute Gasteiger partial charge is 0.343 e. The summed E-state index contributed by atoms with van der Waals surface area (Å²) in [6, 6.07) is 57.2. The molecule has 56 heavy (non-hydrogen) atoms. The van der Waals surface area contributed by atoms with E-state index in [1.165, 1.54) is 7.11 Å². The number of Topliss-reactive ketones (excluding diaryl/α,β-unsaturated/α-hetero) is 1. The van der Waals surface area contributed by atoms with Crippen molar-refractivity contribution >= 4 is 17.7 Å². The second-order valence-electron chi connectivity index (χ2n) is 13.6. The first-order valence-corrected chi connectivity index (χ1v) is 18.6. The highest BCUT2D eigenvalue weighted by molar-refractivity contribution is 6.23. The lowest BCUT2D eigenvalue weighted by atomic mass is 9.77. The van der Waals surface area contributed by atoms with Crippen molar-refractivity contribution in [2.45, 2.75) is 31.8 Å². The molecule has 0 spiro atoms. The molecule has 6 aromatic carbocycles. The molecular formula is C49H42N2O5. The van der Waals surface area contributed by atoms with Gasteiger partial charge >= 0.3 is 11.9 Å². The van der Waals surface area contributed by atoms with Gasteiger partial charge in [-0.3, -0.25) is 4.79 Å². The van der Waals surface area contributed by atoms with E-state index in [2.05, 4.69) is 4.90 Å². The summed E-state index contributed by atoms with van der Waals surface area (Å²) < 4.78 is 12.1. The van der Waals surface area contributed by atoms with Crippen molar-refractivity contribution in [2.24, 2.45) is 0 Å². The van der Waals surface area contributed by atoms with E-state index in [0.29, 0.717) is 43.1 Å². The van der Waals surface area contributed by atoms with Crippen LogP contribution in [0.5, 0.6) is 0 Å². The molecule has 7 rings (SSSR count). The lowest BCUT2D eigenvalue weighted by Crippen LogP contribution is -2.52. The topological polar surface area (TPSA) is 76.2 Å². The monoisotopic (exact) mass is 738 g/mol. The molecule has 1 aliphatic carbocycles. The number of carbonyl (C=O) groups excluding carboxylic acids is 3. The Morgan fingerprint density at radius 3 is 1.29 bits per heavy atom. The first-order chi connectivity index (χ1) is 27.5. The molecule has 0 amide bonds. The Morgan fingerprint density at radius 2 is 0.875 bits per heavy atom. The molecule has 0 radical (unpaired) electrons. The van der Waals surface area contributed by atoms with Crippen LogP contribution in [0.2, 0.25) is 0 Å². The molecule has 0 aromatic heterocycles. The van der Waals surface area contributed by atoms with Crippen molar-refractivity contribution in [1.82, 2.24) is 9.80 Å². The number of hydrogen-bond acceptors (Lipinski definition) is 7. The Hall–Kier alpha value is -6.99. The SMILES string of the molecule is COC(=O)C1=C(N(Cc2ccccc2)Cc2ccccc2)C=C(N(Cc2ccccc2)Cc2ccccc2)C(OC(=O)c2ccccc2)(c2ccccc2)C1=O. The van der Waals surface area contributed by atoms with Gasteiger partial charge in [0, 0.05) is 31.7 Å². The number of nitrogens with zero attached hydrogens (tertiary/aromatic N) is 2. The van der Waals surface area contributed by atoms with E-state index >= 15 is 4.79 Å². The van der Waals surface area contributed by atoms with Crippen LogP contribution in [-0.2, 0) is 50.8 Å². The highest BCUT2D eigenvalue weighted by atomic mass is 16.6. The molecule has 0 fully saturated rings. The number of ketones is 1. The van der Waals surface area contributed by atoms with Crippen LogP contribution in [0.3, 0.4) is 0 Å². The first-order valence-electron chi connectivity index (χ1n) is 18.6. The molecule has 6 aromatic rings. The zero-order valence-electron chi connectivity index (χ0n) is 31.2. The summed E-state index contributed by atoms with van der Waals surface area (Å²) in [7, 11) is 1.26. The van der Waals surface area contributed by atoms with Gasteiger partial charge in [-0.2, -0.15) is 0 Å². The molecule has 0 heterocycles. The van der Waals surface area contributed by atoms with Crippen molar-refractivity contribution in [3.63, 3.8) is 0 Å². The van der Waals surface area contributed by atoms with Crippen LogP contribution >= 0.6 is 0 Å². The van der Waals surface area contributed by atoms with Crippen LogP contribution < -0.4 is 0 Å². The van der Waals surface area contributed by atoms with E-state index in [9.17, 15) is 9.59 Å². The number of methoxy groups -OCH3 is 1. The fourth-order valence-corrected chi connectivity index (χ4v) is 7.12. The summed E-state index contributed by atoms with van der Waals surface area (Å²) >= 11 is 0. The number of carbonyl (C=O) groups is 3. The maximum absolute atomic E-state index is 15.9. The number of benzene rings is 6. The summed E-state index contributed by atoms with van der Waals surface area (Å²) in [6.45, 7) is 1.43. The van der Waals surface area contributed by atoms with Gasteiger partial charge in [-0.15, -0.1) is 0 Å². The minimum atomic E-state index is -2.10. The zero-order chi connectivity index (χ0) is 38.7. The maximum atomic E-state index is 15.9. The highest BCUT2D eigenvalue weighted by Crippen LogP contribution is 2.46. The summed E-state index contributed by atoms with van der Waals surface area (Å²) in [4.78, 5) is 48.6. The molecule has 0 saturated carbocycles. The van der Waals surface area contributed by atoms with E-state index in [-0.39, 0.29) is 11.1 Å². The molecule has 0 saturated heterocycles. The predicted octanol–water partition coefficient (Wildman–Crippen LogP) is 9.04. The second kappa shape index (κ2) is 17.4. The second-order valence-corrected chi connectivity index (χ2v) is 13.6. The molecule has 7 nitrogen and oxygen atoms in total. The molecule has 1 atom stereocenters. The van der Waals surface area contributed by atoms with Crippen molar-refractivity contribution in [2.75, 3.05) is 7.11 Å². The van der Waals surface area contributed by atoms with Crippen LogP contribution in [0.15, 0.2) is 205 Å². The Labute approximate surface area is 327 Å². The Balaban J connectivity index is 1.53. The quantitative estimate of drug-likeness (QED) is 0.0816. The average molecular weight is 739 g/mol. The van der Waals surface area contributed by atoms with Gasteiger partial charge in [0.05, 0.1) is 24.1 Å². The van der Waals surface area contributed by atoms with Gasteiger partial charge in [0.1, 0.15) is 5.57 Å². The number of esters is 2. The van der Waals surface area contributed by atoms with E-state index in [0.717, 1.165) is 22.3 Å². The fourth-order valence-electron chi connectivity index (χ4n) is 7.12. The fraction of sp³-hybridized carbons (Fsp3) is 0.122. The third-order valence-corrected chi connectivity index (χ3v) is 9.81. The minimum absolute atomic E-state index is 0.216. The molecule has 7 heteroatoms. The maximum Gasteiger partial charge on any atom is 0.343 e. The van der Waals surface area contributed by atoms with E-state index in [4.69, 9.17) is 9.47 Å². The summed E-state index contributed by atoms with van der Waals surface area (Å²) in [6.07, 6.45) is 1.86. The lowest BCUT2D eigenvalue weighted by Gasteiger charge is -2.44. The standard InChI is InChI=1S/C49H42N2O5/c1-55-48(54)45-43(50(33-37-20-8-2-9-21-37)34-38-22-10-3-11-23-38)32-44(51(35-39-24-12-4-13-25-39)36-40-26-14-5-15-27-40)49(46(45)52,42-30-18-7-19-31-42)56-47(53)41-28-16-6-17-29-41/h2-32H,33-36H2,1H3. The molecule has 0 N–H and O–H groups in total. The lowest BCUT2D eigenvalue weighted by molar-refractivity contribution is -0.143. The van der Waals surface area contributed by atoms with Gasteiger partial charge in [-0.1, -0.05) is 170 Å². The molecule has 1 unspecified atom stereocenters. The predicted molar refractivity (Wildman–Crippen MR) is 216 cm³/mol. The summed E-state index contributed by atoms with van der Waals surface area (Å²) in [5, 5.41) is 0. The average Bonchev–Trinajstić information content (AvgIpc) is 3.25. The normalized spacial score (nSPS) is 15.1. The third kappa shape index (κ3) is 8.22. The van der Waals surface area contributed by atoms with Crippen molar-refractivity contribution in [1.29, 1.82) is 0 Å². The minimum Gasteiger partial charge on any atom is -0.465 e. The van der Waals surface area contributed by atoms with E-state index < -0.39 is 23.3 Å². The summed E-state index contributed by atoms with van der Waals surface area (Å²) in [5.41, 5.74) is 3.00. The molecule has 278 valence electrons. The van der Waals surface area contributed by atoms with Crippen molar-refractivity contribution < 1.29 is 23.9 Å². The first kappa shape index (κ1) is 37.3. The van der Waals surface area contributed by atoms with Gasteiger partial charge in [0.25, 0.3) is 0 Å². The third-order valence-electron chi connectivity index (χ3n) is 9.81. The molecule has 0 aliphatic heterocycles. The zero-order valence-corrected chi connectivity index (χ0v) is 31.2. The molecule has 0 bridgehead atoms. The van der Waals surface area contributed by atoms with Gasteiger partial charge in [-0.05, 0) is 40.5 Å². The highest BCUT2D eigenvalue weighted by Gasteiger charge is 2.56. The van der Waals surface area contributed by atoms with E-state index in [1.807, 2.05) is 138 Å². The number of ether oxygens (including phenoxy) is 2. The van der Waals surface area contributed by atoms with Crippen LogP contribution in [0, 0.1) is 0 Å².